The highest BCUT2D eigenvalue weighted by Crippen LogP contribution is 2.27. The molecule has 28 heavy (non-hydrogen) atoms. The molecular weight excluding hydrogens is 348 g/mol. The highest BCUT2D eigenvalue weighted by atomic mass is 16.5. The van der Waals surface area contributed by atoms with Crippen LogP contribution in [0.15, 0.2) is 48.5 Å². The Kier molecular flexibility index (Phi) is 6.40. The molecule has 0 saturated carbocycles. The number of ether oxygens (including phenoxy) is 2. The van der Waals surface area contributed by atoms with Gasteiger partial charge in [0.1, 0.15) is 5.75 Å². The summed E-state index contributed by atoms with van der Waals surface area (Å²) in [5, 5.41) is 1.03. The number of aromatic nitrogens is 1. The Morgan fingerprint density at radius 3 is 2.61 bits per heavy atom. The monoisotopic (exact) mass is 378 g/mol. The molecule has 0 saturated heterocycles. The molecule has 0 aliphatic carbocycles. The van der Waals surface area contributed by atoms with Gasteiger partial charge in [0.25, 0.3) is 0 Å². The van der Waals surface area contributed by atoms with Crippen LogP contribution >= 0.6 is 0 Å². The van der Waals surface area contributed by atoms with E-state index >= 15 is 0 Å². The molecule has 0 amide bonds. The number of aryl methyl sites for hydroxylation is 1. The first-order valence-corrected chi connectivity index (χ1v) is 9.98. The zero-order chi connectivity index (χ0) is 20.1. The van der Waals surface area contributed by atoms with Gasteiger partial charge in [-0.3, -0.25) is 0 Å². The molecule has 3 rings (SSSR count). The van der Waals surface area contributed by atoms with Crippen LogP contribution in [0.3, 0.4) is 0 Å². The molecular formula is C24H30N2O2. The summed E-state index contributed by atoms with van der Waals surface area (Å²) >= 11 is 0. The maximum absolute atomic E-state index is 6.06. The van der Waals surface area contributed by atoms with Gasteiger partial charge < -0.3 is 15.2 Å². The molecule has 4 heteroatoms. The molecule has 1 atom stereocenters. The van der Waals surface area contributed by atoms with E-state index in [2.05, 4.69) is 50.9 Å². The number of nitrogen functional groups attached to an aromatic ring is 1. The molecule has 2 aromatic carbocycles. The second kappa shape index (κ2) is 8.96. The number of benzene rings is 2. The highest BCUT2D eigenvalue weighted by Gasteiger charge is 2.10. The number of hydrogen-bond donors (Lipinski definition) is 1. The van der Waals surface area contributed by atoms with E-state index in [9.17, 15) is 0 Å². The van der Waals surface area contributed by atoms with Gasteiger partial charge in [-0.1, -0.05) is 38.1 Å². The van der Waals surface area contributed by atoms with Crippen LogP contribution in [-0.2, 0) is 0 Å². The van der Waals surface area contributed by atoms with Gasteiger partial charge in [0.05, 0.1) is 18.2 Å². The number of anilines is 1. The Morgan fingerprint density at radius 2 is 1.82 bits per heavy atom. The highest BCUT2D eigenvalue weighted by molar-refractivity contribution is 5.82. The van der Waals surface area contributed by atoms with Gasteiger partial charge in [-0.25, -0.2) is 4.98 Å². The molecule has 1 aromatic heterocycles. The molecule has 4 nitrogen and oxygen atoms in total. The van der Waals surface area contributed by atoms with Gasteiger partial charge in [0, 0.05) is 5.39 Å². The second-order valence-corrected chi connectivity index (χ2v) is 7.72. The van der Waals surface area contributed by atoms with E-state index in [1.807, 2.05) is 30.3 Å². The third-order valence-corrected chi connectivity index (χ3v) is 4.81. The fourth-order valence-corrected chi connectivity index (χ4v) is 3.24. The molecule has 0 radical (unpaired) electrons. The van der Waals surface area contributed by atoms with Crippen molar-refractivity contribution in [1.29, 1.82) is 0 Å². The number of nitrogens with two attached hydrogens (primary N) is 1. The maximum atomic E-state index is 6.06. The van der Waals surface area contributed by atoms with Gasteiger partial charge in [-0.2, -0.15) is 0 Å². The Morgan fingerprint density at radius 1 is 1.04 bits per heavy atom. The third-order valence-electron chi connectivity index (χ3n) is 4.81. The quantitative estimate of drug-likeness (QED) is 0.498. The Labute approximate surface area is 167 Å². The first-order chi connectivity index (χ1) is 13.4. The van der Waals surface area contributed by atoms with E-state index in [0.717, 1.165) is 29.5 Å². The smallest absolute Gasteiger partial charge is 0.166 e. The van der Waals surface area contributed by atoms with Gasteiger partial charge >= 0.3 is 0 Å². The van der Waals surface area contributed by atoms with Crippen molar-refractivity contribution in [3.8, 4) is 11.5 Å². The van der Waals surface area contributed by atoms with Crippen molar-refractivity contribution in [2.45, 2.75) is 52.6 Å². The van der Waals surface area contributed by atoms with E-state index in [1.54, 1.807) is 0 Å². The molecule has 0 aliphatic heterocycles. The lowest BCUT2D eigenvalue weighted by Crippen LogP contribution is -2.14. The lowest BCUT2D eigenvalue weighted by molar-refractivity contribution is 0.194. The Hall–Kier alpha value is -2.75. The summed E-state index contributed by atoms with van der Waals surface area (Å²) in [7, 11) is 0. The summed E-state index contributed by atoms with van der Waals surface area (Å²) in [6.07, 6.45) is 1.83. The molecule has 0 bridgehead atoms. The number of pyridine rings is 1. The first-order valence-electron chi connectivity index (χ1n) is 9.98. The summed E-state index contributed by atoms with van der Waals surface area (Å²) in [6.45, 7) is 9.23. The van der Waals surface area contributed by atoms with Crippen molar-refractivity contribution in [2.75, 3.05) is 12.3 Å². The average molecular weight is 379 g/mol. The van der Waals surface area contributed by atoms with Crippen LogP contribution in [0.4, 0.5) is 5.82 Å². The molecule has 0 aliphatic rings. The van der Waals surface area contributed by atoms with Crippen LogP contribution in [0.5, 0.6) is 11.5 Å². The van der Waals surface area contributed by atoms with Crippen molar-refractivity contribution in [3.63, 3.8) is 0 Å². The summed E-state index contributed by atoms with van der Waals surface area (Å²) < 4.78 is 12.0. The van der Waals surface area contributed by atoms with Crippen LogP contribution in [0, 0.1) is 6.92 Å². The van der Waals surface area contributed by atoms with Crippen molar-refractivity contribution in [2.24, 2.45) is 0 Å². The Bertz CT molecular complexity index is 937. The van der Waals surface area contributed by atoms with Crippen molar-refractivity contribution >= 4 is 16.7 Å². The Balaban J connectivity index is 1.51. The van der Waals surface area contributed by atoms with Crippen molar-refractivity contribution < 1.29 is 9.47 Å². The van der Waals surface area contributed by atoms with Gasteiger partial charge in [-0.05, 0) is 68.0 Å². The molecule has 2 N–H and O–H groups in total. The molecule has 0 fully saturated rings. The van der Waals surface area contributed by atoms with Gasteiger partial charge in [0.15, 0.2) is 11.6 Å². The van der Waals surface area contributed by atoms with Crippen LogP contribution in [-0.4, -0.2) is 17.7 Å². The van der Waals surface area contributed by atoms with Crippen LogP contribution in [0.1, 0.15) is 50.7 Å². The van der Waals surface area contributed by atoms with E-state index < -0.39 is 0 Å². The van der Waals surface area contributed by atoms with Crippen LogP contribution in [0.25, 0.3) is 10.9 Å². The summed E-state index contributed by atoms with van der Waals surface area (Å²) in [5.41, 5.74) is 9.48. The number of rotatable bonds is 8. The normalized spacial score (nSPS) is 12.3. The van der Waals surface area contributed by atoms with Gasteiger partial charge in [0.2, 0.25) is 0 Å². The largest absolute Gasteiger partial charge is 0.494 e. The van der Waals surface area contributed by atoms with E-state index in [4.69, 9.17) is 15.2 Å². The summed E-state index contributed by atoms with van der Waals surface area (Å²) in [4.78, 5) is 4.42. The SMILES string of the molecule is Cc1cc(OCCCC(C)Oc2cc3ccccc3nc2N)cc(C(C)C)c1. The minimum absolute atomic E-state index is 0.0394. The molecule has 3 aromatic rings. The van der Waals surface area contributed by atoms with Crippen molar-refractivity contribution in [3.05, 3.63) is 59.7 Å². The van der Waals surface area contributed by atoms with Crippen LogP contribution < -0.4 is 15.2 Å². The fraction of sp³-hybridized carbons (Fsp3) is 0.375. The number of nitrogens with zero attached hydrogens (tertiary/aromatic N) is 1. The summed E-state index contributed by atoms with van der Waals surface area (Å²) in [6, 6.07) is 16.3. The zero-order valence-electron chi connectivity index (χ0n) is 17.2. The van der Waals surface area contributed by atoms with Crippen molar-refractivity contribution in [1.82, 2.24) is 4.98 Å². The molecule has 1 unspecified atom stereocenters. The topological polar surface area (TPSA) is 57.4 Å². The van der Waals surface area contributed by atoms with E-state index in [-0.39, 0.29) is 6.10 Å². The van der Waals surface area contributed by atoms with E-state index in [0.29, 0.717) is 24.1 Å². The number of hydrogen-bond acceptors (Lipinski definition) is 4. The predicted octanol–water partition coefficient (Wildman–Crippen LogP) is 5.88. The second-order valence-electron chi connectivity index (χ2n) is 7.72. The third kappa shape index (κ3) is 5.16. The summed E-state index contributed by atoms with van der Waals surface area (Å²) in [5.74, 6) is 2.52. The standard InChI is InChI=1S/C24H30N2O2/c1-16(2)20-12-17(3)13-21(14-20)27-11-7-8-18(4)28-23-15-19-9-5-6-10-22(19)26-24(23)25/h5-6,9-10,12-16,18H,7-8,11H2,1-4H3,(H2,25,26). The minimum Gasteiger partial charge on any atom is -0.494 e. The first kappa shape index (κ1) is 20.0. The lowest BCUT2D eigenvalue weighted by Gasteiger charge is -2.17. The number of para-hydroxylation sites is 1. The lowest BCUT2D eigenvalue weighted by atomic mass is 10.0. The maximum Gasteiger partial charge on any atom is 0.166 e. The number of fused-ring (bicyclic) bond motifs is 1. The zero-order valence-corrected chi connectivity index (χ0v) is 17.2. The van der Waals surface area contributed by atoms with Crippen LogP contribution in [0.2, 0.25) is 0 Å². The molecule has 1 heterocycles. The fourth-order valence-electron chi connectivity index (χ4n) is 3.24. The predicted molar refractivity (Wildman–Crippen MR) is 116 cm³/mol. The van der Waals surface area contributed by atoms with E-state index in [1.165, 1.54) is 11.1 Å². The molecule has 0 spiro atoms. The van der Waals surface area contributed by atoms with Gasteiger partial charge in [-0.15, -0.1) is 0 Å². The minimum atomic E-state index is 0.0394. The average Bonchev–Trinajstić information content (AvgIpc) is 2.65. The molecule has 148 valence electrons.